The number of carbonyl (C=O) groups excluding carboxylic acids is 1. The Labute approximate surface area is 148 Å². The van der Waals surface area contributed by atoms with Gasteiger partial charge in [0, 0.05) is 18.9 Å². The van der Waals surface area contributed by atoms with Gasteiger partial charge in [0.2, 0.25) is 0 Å². The first-order valence-corrected chi connectivity index (χ1v) is 8.79. The van der Waals surface area contributed by atoms with Crippen LogP contribution < -0.4 is 0 Å². The van der Waals surface area contributed by atoms with Crippen LogP contribution in [0, 0.1) is 6.92 Å². The van der Waals surface area contributed by atoms with Gasteiger partial charge in [-0.1, -0.05) is 29.8 Å². The molecule has 4 rings (SSSR count). The number of likely N-dealkylation sites (tertiary alicyclic amines) is 1. The fraction of sp³-hybridized carbons (Fsp3) is 0.278. The third-order valence-electron chi connectivity index (χ3n) is 4.50. The van der Waals surface area contributed by atoms with Gasteiger partial charge in [-0.15, -0.1) is 0 Å². The van der Waals surface area contributed by atoms with E-state index in [9.17, 15) is 4.79 Å². The summed E-state index contributed by atoms with van der Waals surface area (Å²) in [5.74, 6) is 0.00354. The Bertz CT molecular complexity index is 920. The minimum atomic E-state index is 0.00354. The molecule has 0 N–H and O–H groups in total. The van der Waals surface area contributed by atoms with E-state index in [4.69, 9.17) is 0 Å². The highest BCUT2D eigenvalue weighted by molar-refractivity contribution is 9.10. The van der Waals surface area contributed by atoms with Crippen molar-refractivity contribution < 1.29 is 4.79 Å². The summed E-state index contributed by atoms with van der Waals surface area (Å²) in [4.78, 5) is 19.4. The molecule has 122 valence electrons. The summed E-state index contributed by atoms with van der Waals surface area (Å²) in [6.07, 6.45) is 7.12. The van der Waals surface area contributed by atoms with Crippen molar-refractivity contribution in [3.05, 3.63) is 64.0 Å². The molecular weight excluding hydrogens is 368 g/mol. The van der Waals surface area contributed by atoms with E-state index in [0.717, 1.165) is 23.9 Å². The normalized spacial score (nSPS) is 17.6. The first-order valence-electron chi connectivity index (χ1n) is 8.00. The zero-order valence-corrected chi connectivity index (χ0v) is 14.9. The molecule has 1 fully saturated rings. The largest absolute Gasteiger partial charge is 0.331 e. The smallest absolute Gasteiger partial charge is 0.259 e. The first-order chi connectivity index (χ1) is 11.6. The number of halogens is 1. The van der Waals surface area contributed by atoms with Crippen LogP contribution in [-0.4, -0.2) is 31.9 Å². The summed E-state index contributed by atoms with van der Waals surface area (Å²) in [7, 11) is 0. The van der Waals surface area contributed by atoms with Gasteiger partial charge in [-0.25, -0.2) is 9.50 Å². The number of hydrogen-bond donors (Lipinski definition) is 0. The molecule has 3 aromatic rings. The highest BCUT2D eigenvalue weighted by Crippen LogP contribution is 2.33. The van der Waals surface area contributed by atoms with Crippen LogP contribution in [0.2, 0.25) is 0 Å². The maximum Gasteiger partial charge on any atom is 0.259 e. The molecule has 24 heavy (non-hydrogen) atoms. The number of hydrogen-bond acceptors (Lipinski definition) is 3. The Morgan fingerprint density at radius 1 is 1.33 bits per heavy atom. The van der Waals surface area contributed by atoms with Crippen LogP contribution in [0.4, 0.5) is 0 Å². The lowest BCUT2D eigenvalue weighted by Crippen LogP contribution is -2.30. The second kappa shape index (κ2) is 6.02. The zero-order valence-electron chi connectivity index (χ0n) is 13.3. The molecule has 0 radical (unpaired) electrons. The fourth-order valence-electron chi connectivity index (χ4n) is 3.39. The quantitative estimate of drug-likeness (QED) is 0.675. The Kier molecular flexibility index (Phi) is 3.84. The van der Waals surface area contributed by atoms with Gasteiger partial charge in [-0.05, 0) is 41.3 Å². The van der Waals surface area contributed by atoms with Crippen LogP contribution in [0.1, 0.15) is 40.4 Å². The molecule has 1 aromatic carbocycles. The van der Waals surface area contributed by atoms with Crippen molar-refractivity contribution in [1.82, 2.24) is 19.5 Å². The van der Waals surface area contributed by atoms with Crippen LogP contribution in [-0.2, 0) is 0 Å². The Morgan fingerprint density at radius 3 is 3.04 bits per heavy atom. The van der Waals surface area contributed by atoms with Crippen molar-refractivity contribution in [2.75, 3.05) is 6.54 Å². The van der Waals surface area contributed by atoms with Crippen LogP contribution >= 0.6 is 15.9 Å². The standard InChI is InChI=1S/C18H17BrN4O/c1-12-4-2-5-13(8-12)16-6-3-7-22(16)18(24)15-10-21-23-11-14(19)9-20-17(15)23/h2,4-5,8-11,16H,3,6-7H2,1H3. The lowest BCUT2D eigenvalue weighted by Gasteiger charge is -2.25. The molecule has 1 aliphatic heterocycles. The summed E-state index contributed by atoms with van der Waals surface area (Å²) in [5.41, 5.74) is 3.57. The molecule has 0 bridgehead atoms. The number of rotatable bonds is 2. The summed E-state index contributed by atoms with van der Waals surface area (Å²) < 4.78 is 2.46. The molecular formula is C18H17BrN4O. The molecule has 5 nitrogen and oxygen atoms in total. The molecule has 0 spiro atoms. The molecule has 1 unspecified atom stereocenters. The number of fused-ring (bicyclic) bond motifs is 1. The van der Waals surface area contributed by atoms with Gasteiger partial charge in [0.05, 0.1) is 16.7 Å². The molecule has 1 aliphatic rings. The van der Waals surface area contributed by atoms with Gasteiger partial charge in [0.1, 0.15) is 5.56 Å². The number of amides is 1. The summed E-state index contributed by atoms with van der Waals surface area (Å²) >= 11 is 3.37. The minimum absolute atomic E-state index is 0.00354. The minimum Gasteiger partial charge on any atom is -0.331 e. The third kappa shape index (κ3) is 2.60. The van der Waals surface area contributed by atoms with Crippen LogP contribution in [0.15, 0.2) is 47.3 Å². The molecule has 0 aliphatic carbocycles. The van der Waals surface area contributed by atoms with Crippen molar-refractivity contribution in [1.29, 1.82) is 0 Å². The van der Waals surface area contributed by atoms with Crippen LogP contribution in [0.5, 0.6) is 0 Å². The van der Waals surface area contributed by atoms with E-state index in [1.807, 2.05) is 4.90 Å². The number of carbonyl (C=O) groups is 1. The van der Waals surface area contributed by atoms with Gasteiger partial charge in [0.15, 0.2) is 5.65 Å². The van der Waals surface area contributed by atoms with Gasteiger partial charge in [-0.2, -0.15) is 5.10 Å². The molecule has 6 heteroatoms. The fourth-order valence-corrected chi connectivity index (χ4v) is 3.69. The first kappa shape index (κ1) is 15.3. The highest BCUT2D eigenvalue weighted by Gasteiger charge is 2.32. The monoisotopic (exact) mass is 384 g/mol. The second-order valence-electron chi connectivity index (χ2n) is 6.17. The van der Waals surface area contributed by atoms with Crippen molar-refractivity contribution in [2.45, 2.75) is 25.8 Å². The van der Waals surface area contributed by atoms with Crippen molar-refractivity contribution >= 4 is 27.5 Å². The summed E-state index contributed by atoms with van der Waals surface area (Å²) in [6.45, 7) is 2.85. The predicted octanol–water partition coefficient (Wildman–Crippen LogP) is 3.78. The number of nitrogens with zero attached hydrogens (tertiary/aromatic N) is 4. The number of benzene rings is 1. The highest BCUT2D eigenvalue weighted by atomic mass is 79.9. The van der Waals surface area contributed by atoms with Gasteiger partial charge >= 0.3 is 0 Å². The van der Waals surface area contributed by atoms with E-state index in [1.165, 1.54) is 11.1 Å². The van der Waals surface area contributed by atoms with Crippen LogP contribution in [0.3, 0.4) is 0 Å². The zero-order chi connectivity index (χ0) is 16.7. The van der Waals surface area contributed by atoms with Crippen molar-refractivity contribution in [2.24, 2.45) is 0 Å². The predicted molar refractivity (Wildman–Crippen MR) is 94.9 cm³/mol. The van der Waals surface area contributed by atoms with Gasteiger partial charge in [-0.3, -0.25) is 4.79 Å². The number of aryl methyl sites for hydroxylation is 1. The van der Waals surface area contributed by atoms with Crippen molar-refractivity contribution in [3.8, 4) is 0 Å². The summed E-state index contributed by atoms with van der Waals surface area (Å²) in [6, 6.07) is 8.54. The summed E-state index contributed by atoms with van der Waals surface area (Å²) in [5, 5.41) is 4.26. The van der Waals surface area contributed by atoms with E-state index in [-0.39, 0.29) is 11.9 Å². The van der Waals surface area contributed by atoms with Crippen molar-refractivity contribution in [3.63, 3.8) is 0 Å². The molecule has 0 saturated carbocycles. The molecule has 1 saturated heterocycles. The molecule has 3 heterocycles. The Balaban J connectivity index is 1.70. The molecule has 1 amide bonds. The average molecular weight is 385 g/mol. The Morgan fingerprint density at radius 2 is 2.21 bits per heavy atom. The topological polar surface area (TPSA) is 50.5 Å². The molecule has 1 atom stereocenters. The Hall–Kier alpha value is -2.21. The SMILES string of the molecule is Cc1cccc(C2CCCN2C(=O)c2cnn3cc(Br)cnc23)c1. The molecule has 2 aromatic heterocycles. The lowest BCUT2D eigenvalue weighted by atomic mass is 10.0. The second-order valence-corrected chi connectivity index (χ2v) is 7.08. The van der Waals surface area contributed by atoms with Crippen LogP contribution in [0.25, 0.3) is 5.65 Å². The lowest BCUT2D eigenvalue weighted by molar-refractivity contribution is 0.0737. The van der Waals surface area contributed by atoms with E-state index in [1.54, 1.807) is 23.1 Å². The van der Waals surface area contributed by atoms with Gasteiger partial charge in [0.25, 0.3) is 5.91 Å². The van der Waals surface area contributed by atoms with E-state index in [2.05, 4.69) is 57.2 Å². The van der Waals surface area contributed by atoms with E-state index < -0.39 is 0 Å². The number of aromatic nitrogens is 3. The van der Waals surface area contributed by atoms with E-state index in [0.29, 0.717) is 11.2 Å². The van der Waals surface area contributed by atoms with E-state index >= 15 is 0 Å². The van der Waals surface area contributed by atoms with Gasteiger partial charge < -0.3 is 4.90 Å². The maximum atomic E-state index is 13.1. The maximum absolute atomic E-state index is 13.1. The third-order valence-corrected chi connectivity index (χ3v) is 4.91. The average Bonchev–Trinajstić information content (AvgIpc) is 3.20.